The quantitative estimate of drug-likeness (QED) is 0.340. The first-order chi connectivity index (χ1) is 14.4. The second-order valence-corrected chi connectivity index (χ2v) is 7.93. The number of nitrogens with zero attached hydrogens (tertiary/aromatic N) is 3. The molecule has 7 nitrogen and oxygen atoms in total. The van der Waals surface area contributed by atoms with Gasteiger partial charge in [0.15, 0.2) is 5.78 Å². The highest BCUT2D eigenvalue weighted by molar-refractivity contribution is 7.99. The molecule has 1 aromatic carbocycles. The second-order valence-electron chi connectivity index (χ2n) is 7.00. The summed E-state index contributed by atoms with van der Waals surface area (Å²) in [5.74, 6) is 1.47. The van der Waals surface area contributed by atoms with E-state index in [0.29, 0.717) is 29.9 Å². The third-order valence-corrected chi connectivity index (χ3v) is 5.60. The molecule has 2 heterocycles. The topological polar surface area (TPSA) is 79.4 Å². The highest BCUT2D eigenvalue weighted by Gasteiger charge is 2.20. The van der Waals surface area contributed by atoms with Crippen molar-refractivity contribution in [1.82, 2.24) is 14.8 Å². The van der Waals surface area contributed by atoms with Gasteiger partial charge in [0, 0.05) is 29.6 Å². The van der Waals surface area contributed by atoms with Gasteiger partial charge in [-0.15, -0.1) is 10.2 Å². The SMILES string of the molecule is CCOc1ccc(-c2nnc(SCC(=O)c3cc(C)n([C@H](C)COC)c3C)o2)cc1. The largest absolute Gasteiger partial charge is 0.494 e. The molecule has 160 valence electrons. The Morgan fingerprint density at radius 1 is 1.23 bits per heavy atom. The van der Waals surface area contributed by atoms with E-state index < -0.39 is 0 Å². The Morgan fingerprint density at radius 3 is 2.63 bits per heavy atom. The van der Waals surface area contributed by atoms with Crippen LogP contribution >= 0.6 is 11.8 Å². The van der Waals surface area contributed by atoms with Gasteiger partial charge in [0.1, 0.15) is 5.75 Å². The fourth-order valence-corrected chi connectivity index (χ4v) is 4.15. The lowest BCUT2D eigenvalue weighted by Gasteiger charge is -2.17. The maximum Gasteiger partial charge on any atom is 0.277 e. The number of carbonyl (C=O) groups excluding carboxylic acids is 1. The number of rotatable bonds is 10. The Hall–Kier alpha value is -2.58. The molecule has 0 saturated carbocycles. The Labute approximate surface area is 180 Å². The van der Waals surface area contributed by atoms with E-state index in [2.05, 4.69) is 21.7 Å². The van der Waals surface area contributed by atoms with Crippen molar-refractivity contribution in [2.75, 3.05) is 26.1 Å². The fraction of sp³-hybridized carbons (Fsp3) is 0.409. The van der Waals surface area contributed by atoms with Crippen LogP contribution in [0.25, 0.3) is 11.5 Å². The Bertz CT molecular complexity index is 994. The van der Waals surface area contributed by atoms with Crippen molar-refractivity contribution in [1.29, 1.82) is 0 Å². The van der Waals surface area contributed by atoms with Gasteiger partial charge in [-0.05, 0) is 58.0 Å². The van der Waals surface area contributed by atoms with Crippen LogP contribution in [0.5, 0.6) is 5.75 Å². The number of methoxy groups -OCH3 is 1. The van der Waals surface area contributed by atoms with Crippen LogP contribution in [-0.4, -0.2) is 46.6 Å². The van der Waals surface area contributed by atoms with Crippen LogP contribution < -0.4 is 4.74 Å². The van der Waals surface area contributed by atoms with Crippen LogP contribution in [-0.2, 0) is 4.74 Å². The van der Waals surface area contributed by atoms with E-state index in [-0.39, 0.29) is 17.6 Å². The van der Waals surface area contributed by atoms with Gasteiger partial charge in [0.25, 0.3) is 5.22 Å². The van der Waals surface area contributed by atoms with E-state index >= 15 is 0 Å². The van der Waals surface area contributed by atoms with Gasteiger partial charge in [-0.3, -0.25) is 4.79 Å². The summed E-state index contributed by atoms with van der Waals surface area (Å²) < 4.78 is 18.5. The minimum Gasteiger partial charge on any atom is -0.494 e. The molecule has 0 aliphatic carbocycles. The highest BCUT2D eigenvalue weighted by atomic mass is 32.2. The molecule has 1 atom stereocenters. The first-order valence-corrected chi connectivity index (χ1v) is 10.8. The molecule has 3 aromatic rings. The molecule has 30 heavy (non-hydrogen) atoms. The van der Waals surface area contributed by atoms with E-state index in [1.807, 2.05) is 51.1 Å². The average molecular weight is 430 g/mol. The first-order valence-electron chi connectivity index (χ1n) is 9.84. The van der Waals surface area contributed by atoms with Gasteiger partial charge in [-0.2, -0.15) is 0 Å². The number of ketones is 1. The van der Waals surface area contributed by atoms with Crippen molar-refractivity contribution < 1.29 is 18.7 Å². The van der Waals surface area contributed by atoms with E-state index in [0.717, 1.165) is 22.7 Å². The minimum absolute atomic E-state index is 0.0322. The van der Waals surface area contributed by atoms with E-state index in [4.69, 9.17) is 13.9 Å². The molecule has 0 aliphatic rings. The van der Waals surface area contributed by atoms with Crippen molar-refractivity contribution in [3.63, 3.8) is 0 Å². The van der Waals surface area contributed by atoms with Crippen LogP contribution in [0.1, 0.15) is 41.6 Å². The molecule has 0 bridgehead atoms. The molecule has 0 saturated heterocycles. The average Bonchev–Trinajstić information content (AvgIpc) is 3.31. The van der Waals surface area contributed by atoms with Crippen molar-refractivity contribution >= 4 is 17.5 Å². The zero-order valence-corrected chi connectivity index (χ0v) is 18.8. The van der Waals surface area contributed by atoms with Gasteiger partial charge in [0.05, 0.1) is 25.0 Å². The molecule has 0 N–H and O–H groups in total. The summed E-state index contributed by atoms with van der Waals surface area (Å²) in [5, 5.41) is 8.51. The molecule has 8 heteroatoms. The Balaban J connectivity index is 1.65. The fourth-order valence-electron chi connectivity index (χ4n) is 3.50. The van der Waals surface area contributed by atoms with Crippen LogP contribution in [0.3, 0.4) is 0 Å². The molecule has 0 aliphatic heterocycles. The highest BCUT2D eigenvalue weighted by Crippen LogP contribution is 2.27. The summed E-state index contributed by atoms with van der Waals surface area (Å²) in [6, 6.07) is 9.56. The molecule has 0 unspecified atom stereocenters. The molecule has 2 aromatic heterocycles. The zero-order chi connectivity index (χ0) is 21.7. The van der Waals surface area contributed by atoms with Gasteiger partial charge in [-0.25, -0.2) is 0 Å². The van der Waals surface area contributed by atoms with Crippen LogP contribution in [0, 0.1) is 13.8 Å². The number of hydrogen-bond donors (Lipinski definition) is 0. The Kier molecular flexibility index (Phi) is 7.33. The normalized spacial score (nSPS) is 12.2. The van der Waals surface area contributed by atoms with E-state index in [1.54, 1.807) is 7.11 Å². The number of thioether (sulfide) groups is 1. The van der Waals surface area contributed by atoms with Crippen molar-refractivity contribution in [3.05, 3.63) is 47.3 Å². The maximum atomic E-state index is 12.8. The molecule has 0 spiro atoms. The zero-order valence-electron chi connectivity index (χ0n) is 18.0. The lowest BCUT2D eigenvalue weighted by Crippen LogP contribution is -2.14. The predicted molar refractivity (Wildman–Crippen MR) is 116 cm³/mol. The third-order valence-electron chi connectivity index (χ3n) is 4.78. The number of aryl methyl sites for hydroxylation is 1. The summed E-state index contributed by atoms with van der Waals surface area (Å²) in [6.45, 7) is 9.19. The van der Waals surface area contributed by atoms with E-state index in [9.17, 15) is 4.79 Å². The summed E-state index contributed by atoms with van der Waals surface area (Å²) >= 11 is 1.24. The van der Waals surface area contributed by atoms with Crippen molar-refractivity contribution in [3.8, 4) is 17.2 Å². The summed E-state index contributed by atoms with van der Waals surface area (Å²) in [6.07, 6.45) is 0. The van der Waals surface area contributed by atoms with E-state index in [1.165, 1.54) is 11.8 Å². The third kappa shape index (κ3) is 4.94. The van der Waals surface area contributed by atoms with Gasteiger partial charge < -0.3 is 18.5 Å². The molecular weight excluding hydrogens is 402 g/mol. The summed E-state index contributed by atoms with van der Waals surface area (Å²) in [4.78, 5) is 12.8. The summed E-state index contributed by atoms with van der Waals surface area (Å²) in [5.41, 5.74) is 3.51. The van der Waals surface area contributed by atoms with Crippen LogP contribution in [0.4, 0.5) is 0 Å². The number of benzene rings is 1. The maximum absolute atomic E-state index is 12.8. The molecule has 0 fully saturated rings. The molecule has 0 amide bonds. The first kappa shape index (κ1) is 22.1. The molecule has 3 rings (SSSR count). The number of ether oxygens (including phenoxy) is 2. The van der Waals surface area contributed by atoms with Gasteiger partial charge in [0.2, 0.25) is 5.89 Å². The monoisotopic (exact) mass is 429 g/mol. The number of hydrogen-bond acceptors (Lipinski definition) is 7. The predicted octanol–water partition coefficient (Wildman–Crippen LogP) is 4.74. The molecular formula is C22H27N3O4S. The standard InChI is InChI=1S/C22H27N3O4S/c1-6-28-18-9-7-17(8-10-18)21-23-24-22(29-21)30-13-20(26)19-11-14(2)25(16(19)4)15(3)12-27-5/h7-11,15H,6,12-13H2,1-5H3/t15-/m1/s1. The van der Waals surface area contributed by atoms with Crippen LogP contribution in [0.15, 0.2) is 40.0 Å². The van der Waals surface area contributed by atoms with Gasteiger partial charge in [-0.1, -0.05) is 11.8 Å². The second kappa shape index (κ2) is 9.95. The lowest BCUT2D eigenvalue weighted by molar-refractivity contribution is 0.102. The summed E-state index contributed by atoms with van der Waals surface area (Å²) in [7, 11) is 1.68. The number of carbonyl (C=O) groups is 1. The lowest BCUT2D eigenvalue weighted by atomic mass is 10.2. The smallest absolute Gasteiger partial charge is 0.277 e. The molecule has 0 radical (unpaired) electrons. The Morgan fingerprint density at radius 2 is 1.97 bits per heavy atom. The minimum atomic E-state index is 0.0322. The number of Topliss-reactive ketones (excluding diaryl/α,β-unsaturated/α-hetero) is 1. The van der Waals surface area contributed by atoms with Crippen molar-refractivity contribution in [2.24, 2.45) is 0 Å². The van der Waals surface area contributed by atoms with Gasteiger partial charge >= 0.3 is 0 Å². The number of aromatic nitrogens is 3. The van der Waals surface area contributed by atoms with Crippen molar-refractivity contribution in [2.45, 2.75) is 39.0 Å². The van der Waals surface area contributed by atoms with Crippen LogP contribution in [0.2, 0.25) is 0 Å².